The summed E-state index contributed by atoms with van der Waals surface area (Å²) < 4.78 is 19.0. The first-order valence-electron chi connectivity index (χ1n) is 12.8. The SMILES string of the molecule is [C-]#[N+]c1ccc(-c2c(-c3ccc4c(cnn4C)c3)ncc3c2ccn3CC2CCCN(C)CC2)cc1F. The number of likely N-dealkylation sites (tertiary alicyclic amines) is 1. The van der Waals surface area contributed by atoms with Crippen molar-refractivity contribution in [2.45, 2.75) is 25.8 Å². The molecule has 2 aromatic carbocycles. The number of hydrogen-bond donors (Lipinski definition) is 0. The fraction of sp³-hybridized carbons (Fsp3) is 0.300. The Morgan fingerprint density at radius 1 is 1.00 bits per heavy atom. The number of rotatable bonds is 4. The summed E-state index contributed by atoms with van der Waals surface area (Å²) in [6, 6.07) is 13.2. The van der Waals surface area contributed by atoms with E-state index in [0.717, 1.165) is 63.8 Å². The van der Waals surface area contributed by atoms with Gasteiger partial charge in [0, 0.05) is 41.7 Å². The van der Waals surface area contributed by atoms with Gasteiger partial charge in [-0.2, -0.15) is 5.10 Å². The number of hydrogen-bond acceptors (Lipinski definition) is 3. The molecule has 6 rings (SSSR count). The maximum absolute atomic E-state index is 14.8. The zero-order valence-electron chi connectivity index (χ0n) is 21.2. The van der Waals surface area contributed by atoms with E-state index < -0.39 is 5.82 Å². The van der Waals surface area contributed by atoms with E-state index in [1.54, 1.807) is 6.07 Å². The lowest BCUT2D eigenvalue weighted by molar-refractivity contribution is 0.335. The van der Waals surface area contributed by atoms with Crippen LogP contribution in [0.1, 0.15) is 19.3 Å². The van der Waals surface area contributed by atoms with Gasteiger partial charge in [-0.1, -0.05) is 18.2 Å². The summed E-state index contributed by atoms with van der Waals surface area (Å²) >= 11 is 0. The van der Waals surface area contributed by atoms with Crippen LogP contribution in [-0.4, -0.2) is 44.4 Å². The number of halogens is 1. The third-order valence-electron chi connectivity index (χ3n) is 7.73. The topological polar surface area (TPSA) is 43.2 Å². The van der Waals surface area contributed by atoms with E-state index in [0.29, 0.717) is 5.92 Å². The van der Waals surface area contributed by atoms with Crippen LogP contribution in [0.15, 0.2) is 61.1 Å². The first-order chi connectivity index (χ1) is 18.0. The summed E-state index contributed by atoms with van der Waals surface area (Å²) in [6.45, 7) is 10.5. The second kappa shape index (κ2) is 9.45. The van der Waals surface area contributed by atoms with Gasteiger partial charge in [-0.05, 0) is 75.1 Å². The van der Waals surface area contributed by atoms with E-state index in [1.807, 2.05) is 42.3 Å². The van der Waals surface area contributed by atoms with Crippen molar-refractivity contribution >= 4 is 27.5 Å². The number of aryl methyl sites for hydroxylation is 1. The molecular weight excluding hydrogens is 463 g/mol. The Balaban J connectivity index is 1.50. The number of pyridine rings is 1. The third-order valence-corrected chi connectivity index (χ3v) is 7.73. The zero-order valence-corrected chi connectivity index (χ0v) is 21.2. The fourth-order valence-electron chi connectivity index (χ4n) is 5.66. The normalized spacial score (nSPS) is 16.8. The van der Waals surface area contributed by atoms with Crippen molar-refractivity contribution in [1.82, 2.24) is 24.2 Å². The summed E-state index contributed by atoms with van der Waals surface area (Å²) in [5.41, 5.74) is 5.47. The van der Waals surface area contributed by atoms with Gasteiger partial charge in [-0.15, -0.1) is 0 Å². The Hall–Kier alpha value is -4.02. The minimum absolute atomic E-state index is 0.0260. The lowest BCUT2D eigenvalue weighted by Crippen LogP contribution is -2.19. The van der Waals surface area contributed by atoms with Crippen molar-refractivity contribution in [2.24, 2.45) is 13.0 Å². The quantitative estimate of drug-likeness (QED) is 0.263. The first-order valence-corrected chi connectivity index (χ1v) is 12.8. The molecule has 4 heterocycles. The van der Waals surface area contributed by atoms with Gasteiger partial charge in [0.2, 0.25) is 5.69 Å². The van der Waals surface area contributed by atoms with Crippen molar-refractivity contribution < 1.29 is 4.39 Å². The molecular formula is C30H29FN6. The highest BCUT2D eigenvalue weighted by Gasteiger charge is 2.20. The van der Waals surface area contributed by atoms with Gasteiger partial charge in [0.15, 0.2) is 0 Å². The van der Waals surface area contributed by atoms with Gasteiger partial charge in [-0.25, -0.2) is 9.24 Å². The van der Waals surface area contributed by atoms with E-state index >= 15 is 0 Å². The standard InChI is InChI=1S/C30H29FN6/c1-32-26-8-6-21(16-25(26)31)29-24-11-14-37(19-20-5-4-12-35(2)13-10-20)28(24)18-33-30(29)22-7-9-27-23(15-22)17-34-36(27)3/h6-9,11,14-18,20H,4-5,10,12-13,19H2,2-3H3. The molecule has 3 aromatic heterocycles. The average Bonchev–Trinajstić information content (AvgIpc) is 3.42. The van der Waals surface area contributed by atoms with Crippen LogP contribution in [0.5, 0.6) is 0 Å². The van der Waals surface area contributed by atoms with Crippen molar-refractivity contribution in [3.05, 3.63) is 78.3 Å². The molecule has 1 unspecified atom stereocenters. The zero-order chi connectivity index (χ0) is 25.5. The highest BCUT2D eigenvalue weighted by Crippen LogP contribution is 2.39. The predicted molar refractivity (Wildman–Crippen MR) is 146 cm³/mol. The summed E-state index contributed by atoms with van der Waals surface area (Å²) in [5, 5.41) is 6.44. The fourth-order valence-corrected chi connectivity index (χ4v) is 5.66. The Morgan fingerprint density at radius 3 is 2.70 bits per heavy atom. The predicted octanol–water partition coefficient (Wildman–Crippen LogP) is 6.68. The lowest BCUT2D eigenvalue weighted by atomic mass is 9.95. The molecule has 0 radical (unpaired) electrons. The largest absolute Gasteiger partial charge is 0.346 e. The molecule has 0 amide bonds. The maximum Gasteiger partial charge on any atom is 0.222 e. The van der Waals surface area contributed by atoms with E-state index in [2.05, 4.69) is 44.8 Å². The van der Waals surface area contributed by atoms with Crippen LogP contribution in [0, 0.1) is 18.3 Å². The molecule has 1 aliphatic heterocycles. The minimum Gasteiger partial charge on any atom is -0.346 e. The molecule has 0 saturated carbocycles. The van der Waals surface area contributed by atoms with Crippen LogP contribution in [-0.2, 0) is 13.6 Å². The summed E-state index contributed by atoms with van der Waals surface area (Å²) in [5.74, 6) is 0.104. The first kappa shape index (κ1) is 23.4. The van der Waals surface area contributed by atoms with Crippen LogP contribution in [0.3, 0.4) is 0 Å². The Bertz CT molecular complexity index is 1660. The van der Waals surface area contributed by atoms with E-state index in [4.69, 9.17) is 11.6 Å². The maximum atomic E-state index is 14.8. The molecule has 186 valence electrons. The van der Waals surface area contributed by atoms with Gasteiger partial charge in [-0.3, -0.25) is 9.67 Å². The second-order valence-electron chi connectivity index (χ2n) is 10.2. The van der Waals surface area contributed by atoms with Crippen molar-refractivity contribution in [3.8, 4) is 22.4 Å². The molecule has 6 nitrogen and oxygen atoms in total. The second-order valence-corrected chi connectivity index (χ2v) is 10.2. The molecule has 0 bridgehead atoms. The number of aromatic nitrogens is 4. The molecule has 5 aromatic rings. The van der Waals surface area contributed by atoms with Crippen molar-refractivity contribution in [1.29, 1.82) is 0 Å². The Labute approximate surface area is 215 Å². The summed E-state index contributed by atoms with van der Waals surface area (Å²) in [7, 11) is 4.13. The van der Waals surface area contributed by atoms with Crippen molar-refractivity contribution in [2.75, 3.05) is 20.1 Å². The molecule has 0 N–H and O–H groups in total. The Morgan fingerprint density at radius 2 is 1.86 bits per heavy atom. The smallest absolute Gasteiger partial charge is 0.222 e. The summed E-state index contributed by atoms with van der Waals surface area (Å²) in [6.07, 6.45) is 9.57. The molecule has 0 aliphatic carbocycles. The van der Waals surface area contributed by atoms with Crippen molar-refractivity contribution in [3.63, 3.8) is 0 Å². The number of benzene rings is 2. The van der Waals surface area contributed by atoms with Crippen LogP contribution < -0.4 is 0 Å². The molecule has 0 spiro atoms. The highest BCUT2D eigenvalue weighted by molar-refractivity contribution is 6.02. The summed E-state index contributed by atoms with van der Waals surface area (Å²) in [4.78, 5) is 10.7. The van der Waals surface area contributed by atoms with Gasteiger partial charge in [0.25, 0.3) is 0 Å². The number of nitrogens with zero attached hydrogens (tertiary/aromatic N) is 6. The van der Waals surface area contributed by atoms with Crippen LogP contribution >= 0.6 is 0 Å². The lowest BCUT2D eigenvalue weighted by Gasteiger charge is -2.17. The molecule has 1 saturated heterocycles. The van der Waals surface area contributed by atoms with Gasteiger partial charge >= 0.3 is 0 Å². The van der Waals surface area contributed by atoms with E-state index in [-0.39, 0.29) is 5.69 Å². The molecule has 1 aliphatic rings. The molecule has 1 fully saturated rings. The minimum atomic E-state index is -0.514. The molecule has 37 heavy (non-hydrogen) atoms. The van der Waals surface area contributed by atoms with E-state index in [9.17, 15) is 4.39 Å². The Kier molecular flexibility index (Phi) is 5.97. The third kappa shape index (κ3) is 4.28. The monoisotopic (exact) mass is 492 g/mol. The van der Waals surface area contributed by atoms with Gasteiger partial charge in [0.05, 0.1) is 35.7 Å². The molecule has 1 atom stereocenters. The van der Waals surface area contributed by atoms with Crippen LogP contribution in [0.25, 0.3) is 49.0 Å². The van der Waals surface area contributed by atoms with Crippen LogP contribution in [0.4, 0.5) is 10.1 Å². The highest BCUT2D eigenvalue weighted by atomic mass is 19.1. The van der Waals surface area contributed by atoms with Gasteiger partial charge < -0.3 is 9.47 Å². The molecule has 7 heteroatoms. The van der Waals surface area contributed by atoms with E-state index in [1.165, 1.54) is 25.3 Å². The van der Waals surface area contributed by atoms with Gasteiger partial charge in [0.1, 0.15) is 5.82 Å². The number of fused-ring (bicyclic) bond motifs is 2. The average molecular weight is 493 g/mol. The van der Waals surface area contributed by atoms with Crippen LogP contribution in [0.2, 0.25) is 0 Å².